The Kier molecular flexibility index (Phi) is 4.67. The molecule has 0 amide bonds. The predicted molar refractivity (Wildman–Crippen MR) is 103 cm³/mol. The third-order valence-electron chi connectivity index (χ3n) is 3.79. The minimum atomic E-state index is -0.0347. The van der Waals surface area contributed by atoms with E-state index < -0.39 is 0 Å². The number of hydrogen-bond donors (Lipinski definition) is 3. The predicted octanol–water partition coefficient (Wildman–Crippen LogP) is 4.98. The number of rotatable bonds is 3. The molecule has 3 aromatic rings. The number of azo groups is 1. The lowest BCUT2D eigenvalue weighted by molar-refractivity contribution is 0.417. The summed E-state index contributed by atoms with van der Waals surface area (Å²) in [5.41, 5.74) is 4.01. The molecule has 0 saturated heterocycles. The second kappa shape index (κ2) is 6.90. The van der Waals surface area contributed by atoms with Gasteiger partial charge in [-0.2, -0.15) is 0 Å². The molecular weight excluding hydrogens is 336 g/mol. The second-order valence-corrected chi connectivity index (χ2v) is 6.04. The SMILES string of the molecule is COc1ccccc1NC(=S)N=Nc1c(O)[nH]c2c(C)cc(C)cc12. The van der Waals surface area contributed by atoms with Gasteiger partial charge in [-0.05, 0) is 49.8 Å². The average molecular weight is 354 g/mol. The first-order chi connectivity index (χ1) is 12.0. The van der Waals surface area contributed by atoms with Gasteiger partial charge < -0.3 is 20.1 Å². The topological polar surface area (TPSA) is 82.0 Å². The van der Waals surface area contributed by atoms with Crippen LogP contribution < -0.4 is 10.1 Å². The van der Waals surface area contributed by atoms with Crippen molar-refractivity contribution < 1.29 is 9.84 Å². The van der Waals surface area contributed by atoms with Gasteiger partial charge in [0.2, 0.25) is 11.0 Å². The molecule has 6 nitrogen and oxygen atoms in total. The number of methoxy groups -OCH3 is 1. The van der Waals surface area contributed by atoms with Gasteiger partial charge in [-0.25, -0.2) is 0 Å². The summed E-state index contributed by atoms with van der Waals surface area (Å²) in [5.74, 6) is 0.619. The van der Waals surface area contributed by atoms with Crippen molar-refractivity contribution in [2.45, 2.75) is 13.8 Å². The monoisotopic (exact) mass is 354 g/mol. The summed E-state index contributed by atoms with van der Waals surface area (Å²) in [6, 6.07) is 11.4. The number of hydrogen-bond acceptors (Lipinski definition) is 4. The molecule has 128 valence electrons. The van der Waals surface area contributed by atoms with Gasteiger partial charge >= 0.3 is 0 Å². The Morgan fingerprint density at radius 3 is 2.76 bits per heavy atom. The standard InChI is InChI=1S/C18H18N4O2S/c1-10-8-11(2)15-12(9-10)16(17(23)20-15)21-22-18(25)19-13-6-4-5-7-14(13)24-3/h4-9,20,23H,1-3H3,(H,19,25). The quantitative estimate of drug-likeness (QED) is 0.458. The Morgan fingerprint density at radius 2 is 2.00 bits per heavy atom. The molecule has 0 atom stereocenters. The molecule has 1 aromatic heterocycles. The van der Waals surface area contributed by atoms with Gasteiger partial charge in [-0.3, -0.25) is 0 Å². The number of H-pyrrole nitrogens is 1. The number of ether oxygens (including phenoxy) is 1. The van der Waals surface area contributed by atoms with E-state index in [-0.39, 0.29) is 11.0 Å². The number of para-hydroxylation sites is 2. The number of aromatic nitrogens is 1. The van der Waals surface area contributed by atoms with E-state index in [1.807, 2.05) is 50.2 Å². The van der Waals surface area contributed by atoms with Crippen LogP contribution in [0.2, 0.25) is 0 Å². The van der Waals surface area contributed by atoms with Crippen molar-refractivity contribution in [1.82, 2.24) is 4.98 Å². The number of thiocarbonyl (C=S) groups is 1. The van der Waals surface area contributed by atoms with Gasteiger partial charge in [0.25, 0.3) is 0 Å². The zero-order valence-corrected chi connectivity index (χ0v) is 14.9. The van der Waals surface area contributed by atoms with Crippen LogP contribution in [0.4, 0.5) is 11.4 Å². The molecule has 0 fully saturated rings. The number of nitrogens with one attached hydrogen (secondary N) is 2. The van der Waals surface area contributed by atoms with Gasteiger partial charge in [-0.1, -0.05) is 23.8 Å². The third-order valence-corrected chi connectivity index (χ3v) is 3.98. The van der Waals surface area contributed by atoms with Crippen molar-refractivity contribution in [3.05, 3.63) is 47.5 Å². The molecule has 0 aliphatic heterocycles. The minimum absolute atomic E-state index is 0.0347. The number of aromatic hydroxyl groups is 1. The Morgan fingerprint density at radius 1 is 1.24 bits per heavy atom. The number of aryl methyl sites for hydroxylation is 2. The van der Waals surface area contributed by atoms with Crippen LogP contribution in [0.15, 0.2) is 46.6 Å². The number of fused-ring (bicyclic) bond motifs is 1. The van der Waals surface area contributed by atoms with E-state index in [9.17, 15) is 5.11 Å². The highest BCUT2D eigenvalue weighted by Crippen LogP contribution is 2.37. The minimum Gasteiger partial charge on any atom is -0.495 e. The highest BCUT2D eigenvalue weighted by molar-refractivity contribution is 7.80. The van der Waals surface area contributed by atoms with Crippen LogP contribution in [0.1, 0.15) is 11.1 Å². The normalized spacial score (nSPS) is 11.2. The van der Waals surface area contributed by atoms with Crippen LogP contribution >= 0.6 is 12.2 Å². The summed E-state index contributed by atoms with van der Waals surface area (Å²) in [4.78, 5) is 2.93. The largest absolute Gasteiger partial charge is 0.495 e. The van der Waals surface area contributed by atoms with Gasteiger partial charge in [0, 0.05) is 5.39 Å². The summed E-state index contributed by atoms with van der Waals surface area (Å²) in [6.07, 6.45) is 0. The average Bonchev–Trinajstić information content (AvgIpc) is 2.89. The number of aromatic amines is 1. The Bertz CT molecular complexity index is 979. The van der Waals surface area contributed by atoms with E-state index in [4.69, 9.17) is 17.0 Å². The summed E-state index contributed by atoms with van der Waals surface area (Å²) in [5, 5.41) is 22.2. The van der Waals surface area contributed by atoms with E-state index in [2.05, 4.69) is 20.5 Å². The summed E-state index contributed by atoms with van der Waals surface area (Å²) in [7, 11) is 1.58. The molecule has 0 aliphatic rings. The van der Waals surface area contributed by atoms with Crippen LogP contribution in [0.5, 0.6) is 11.6 Å². The van der Waals surface area contributed by atoms with Crippen molar-refractivity contribution in [2.24, 2.45) is 10.2 Å². The molecule has 7 heteroatoms. The molecule has 0 bridgehead atoms. The van der Waals surface area contributed by atoms with Crippen molar-refractivity contribution in [1.29, 1.82) is 0 Å². The Labute approximate surface area is 150 Å². The molecule has 3 N–H and O–H groups in total. The van der Waals surface area contributed by atoms with Gasteiger partial charge in [0.15, 0.2) is 5.69 Å². The maximum Gasteiger partial charge on any atom is 0.218 e. The van der Waals surface area contributed by atoms with Crippen LogP contribution in [0.25, 0.3) is 10.9 Å². The van der Waals surface area contributed by atoms with E-state index >= 15 is 0 Å². The maximum absolute atomic E-state index is 10.1. The first-order valence-electron chi connectivity index (χ1n) is 7.67. The van der Waals surface area contributed by atoms with Crippen LogP contribution in [-0.4, -0.2) is 22.3 Å². The highest BCUT2D eigenvalue weighted by Gasteiger charge is 2.13. The van der Waals surface area contributed by atoms with E-state index in [0.29, 0.717) is 17.1 Å². The number of anilines is 1. The molecule has 3 rings (SSSR count). The second-order valence-electron chi connectivity index (χ2n) is 5.66. The molecular formula is C18H18N4O2S. The smallest absolute Gasteiger partial charge is 0.218 e. The molecule has 0 spiro atoms. The molecule has 0 radical (unpaired) electrons. The summed E-state index contributed by atoms with van der Waals surface area (Å²) in [6.45, 7) is 3.96. The number of nitrogens with zero attached hydrogens (tertiary/aromatic N) is 2. The van der Waals surface area contributed by atoms with Crippen LogP contribution in [0.3, 0.4) is 0 Å². The molecule has 0 unspecified atom stereocenters. The maximum atomic E-state index is 10.1. The lowest BCUT2D eigenvalue weighted by atomic mass is 10.1. The van der Waals surface area contributed by atoms with Gasteiger partial charge in [0.1, 0.15) is 5.75 Å². The van der Waals surface area contributed by atoms with Crippen molar-refractivity contribution in [2.75, 3.05) is 12.4 Å². The number of benzene rings is 2. The fourth-order valence-corrected chi connectivity index (χ4v) is 2.86. The Balaban J connectivity index is 1.88. The summed E-state index contributed by atoms with van der Waals surface area (Å²) < 4.78 is 5.26. The molecule has 25 heavy (non-hydrogen) atoms. The van der Waals surface area contributed by atoms with Crippen molar-refractivity contribution in [3.8, 4) is 11.6 Å². The van der Waals surface area contributed by atoms with Crippen LogP contribution in [-0.2, 0) is 0 Å². The third kappa shape index (κ3) is 3.46. The zero-order valence-electron chi connectivity index (χ0n) is 14.1. The molecule has 2 aromatic carbocycles. The highest BCUT2D eigenvalue weighted by atomic mass is 32.1. The lowest BCUT2D eigenvalue weighted by Crippen LogP contribution is -2.06. The fourth-order valence-electron chi connectivity index (χ4n) is 2.71. The fraction of sp³-hybridized carbons (Fsp3) is 0.167. The van der Waals surface area contributed by atoms with Crippen molar-refractivity contribution in [3.63, 3.8) is 0 Å². The molecule has 0 aliphatic carbocycles. The lowest BCUT2D eigenvalue weighted by Gasteiger charge is -2.08. The van der Waals surface area contributed by atoms with Gasteiger partial charge in [-0.15, -0.1) is 10.2 Å². The van der Waals surface area contributed by atoms with Gasteiger partial charge in [0.05, 0.1) is 18.3 Å². The zero-order chi connectivity index (χ0) is 18.0. The molecule has 0 saturated carbocycles. The Hall–Kier alpha value is -2.93. The van der Waals surface area contributed by atoms with Crippen LogP contribution in [0, 0.1) is 13.8 Å². The molecule has 1 heterocycles. The van der Waals surface area contributed by atoms with E-state index in [1.165, 1.54) is 0 Å². The first kappa shape index (κ1) is 16.9. The van der Waals surface area contributed by atoms with E-state index in [1.54, 1.807) is 7.11 Å². The van der Waals surface area contributed by atoms with E-state index in [0.717, 1.165) is 22.0 Å². The first-order valence-corrected chi connectivity index (χ1v) is 8.08. The summed E-state index contributed by atoms with van der Waals surface area (Å²) >= 11 is 5.22. The van der Waals surface area contributed by atoms with Crippen molar-refractivity contribution >= 4 is 39.6 Å².